The number of hydrogen-bond acceptors (Lipinski definition) is 3. The zero-order valence-electron chi connectivity index (χ0n) is 17.2. The van der Waals surface area contributed by atoms with Gasteiger partial charge in [0.2, 0.25) is 11.8 Å². The maximum atomic E-state index is 12.1. The third-order valence-corrected chi connectivity index (χ3v) is 4.44. The molecule has 0 spiro atoms. The van der Waals surface area contributed by atoms with Crippen LogP contribution in [0.25, 0.3) is 0 Å². The number of rotatable bonds is 9. The standard InChI is InChI=1S/C21H34N2O3/c1-7-23(8-2)20(25)16-22(6)19(24)10-9-15-26-18-13-11-17(12-14-18)21(3,4)5/h11-14H,7-10,15-16H2,1-6H3. The highest BCUT2D eigenvalue weighted by Crippen LogP contribution is 2.24. The van der Waals surface area contributed by atoms with Gasteiger partial charge in [-0.2, -0.15) is 0 Å². The lowest BCUT2D eigenvalue weighted by Gasteiger charge is -2.23. The molecule has 146 valence electrons. The summed E-state index contributed by atoms with van der Waals surface area (Å²) in [6.07, 6.45) is 1.01. The lowest BCUT2D eigenvalue weighted by Crippen LogP contribution is -2.41. The fourth-order valence-corrected chi connectivity index (χ4v) is 2.62. The Bertz CT molecular complexity index is 572. The molecule has 2 amide bonds. The average molecular weight is 363 g/mol. The van der Waals surface area contributed by atoms with E-state index in [9.17, 15) is 9.59 Å². The molecule has 0 radical (unpaired) electrons. The largest absolute Gasteiger partial charge is 0.494 e. The summed E-state index contributed by atoms with van der Waals surface area (Å²) >= 11 is 0. The van der Waals surface area contributed by atoms with Crippen LogP contribution in [0.2, 0.25) is 0 Å². The lowest BCUT2D eigenvalue weighted by atomic mass is 9.87. The summed E-state index contributed by atoms with van der Waals surface area (Å²) < 4.78 is 5.71. The van der Waals surface area contributed by atoms with Gasteiger partial charge in [-0.15, -0.1) is 0 Å². The molecule has 0 aliphatic rings. The second kappa shape index (κ2) is 10.2. The van der Waals surface area contributed by atoms with E-state index in [1.54, 1.807) is 11.9 Å². The Balaban J connectivity index is 2.34. The first-order chi connectivity index (χ1) is 12.2. The van der Waals surface area contributed by atoms with Crippen molar-refractivity contribution in [2.75, 3.05) is 33.3 Å². The quantitative estimate of drug-likeness (QED) is 0.632. The minimum absolute atomic E-state index is 0.0129. The second-order valence-electron chi connectivity index (χ2n) is 7.54. The van der Waals surface area contributed by atoms with E-state index < -0.39 is 0 Å². The van der Waals surface area contributed by atoms with Crippen molar-refractivity contribution in [1.29, 1.82) is 0 Å². The van der Waals surface area contributed by atoms with Gasteiger partial charge >= 0.3 is 0 Å². The number of nitrogens with zero attached hydrogens (tertiary/aromatic N) is 2. The van der Waals surface area contributed by atoms with Crippen molar-refractivity contribution in [3.05, 3.63) is 29.8 Å². The van der Waals surface area contributed by atoms with Gasteiger partial charge < -0.3 is 14.5 Å². The summed E-state index contributed by atoms with van der Waals surface area (Å²) in [6.45, 7) is 12.4. The number of amides is 2. The Kier molecular flexibility index (Phi) is 8.62. The Morgan fingerprint density at radius 3 is 2.08 bits per heavy atom. The highest BCUT2D eigenvalue weighted by Gasteiger charge is 2.16. The van der Waals surface area contributed by atoms with Crippen molar-refractivity contribution < 1.29 is 14.3 Å². The van der Waals surface area contributed by atoms with Crippen LogP contribution >= 0.6 is 0 Å². The summed E-state index contributed by atoms with van der Waals surface area (Å²) in [5, 5.41) is 0. The molecule has 0 fully saturated rings. The smallest absolute Gasteiger partial charge is 0.242 e. The minimum Gasteiger partial charge on any atom is -0.494 e. The van der Waals surface area contributed by atoms with Gasteiger partial charge in [-0.3, -0.25) is 9.59 Å². The second-order valence-corrected chi connectivity index (χ2v) is 7.54. The Morgan fingerprint density at radius 1 is 1.00 bits per heavy atom. The van der Waals surface area contributed by atoms with Crippen LogP contribution in [-0.4, -0.2) is 54.9 Å². The van der Waals surface area contributed by atoms with Crippen LogP contribution in [0, 0.1) is 0 Å². The van der Waals surface area contributed by atoms with Crippen LogP contribution in [0.4, 0.5) is 0 Å². The summed E-state index contributed by atoms with van der Waals surface area (Å²) in [7, 11) is 1.68. The number of hydrogen-bond donors (Lipinski definition) is 0. The molecule has 0 atom stereocenters. The maximum Gasteiger partial charge on any atom is 0.242 e. The first kappa shape index (κ1) is 22.0. The van der Waals surface area contributed by atoms with Crippen LogP contribution in [-0.2, 0) is 15.0 Å². The number of carbonyl (C=O) groups is 2. The highest BCUT2D eigenvalue weighted by atomic mass is 16.5. The summed E-state index contributed by atoms with van der Waals surface area (Å²) in [5.74, 6) is 0.772. The van der Waals surface area contributed by atoms with Gasteiger partial charge in [0.25, 0.3) is 0 Å². The SMILES string of the molecule is CCN(CC)C(=O)CN(C)C(=O)CCCOc1ccc(C(C)(C)C)cc1. The van der Waals surface area contributed by atoms with Crippen molar-refractivity contribution in [3.63, 3.8) is 0 Å². The summed E-state index contributed by atoms with van der Waals surface area (Å²) in [4.78, 5) is 27.4. The highest BCUT2D eigenvalue weighted by molar-refractivity contribution is 5.84. The van der Waals surface area contributed by atoms with Crippen LogP contribution in [0.5, 0.6) is 5.75 Å². The van der Waals surface area contributed by atoms with Gasteiger partial charge in [-0.25, -0.2) is 0 Å². The predicted octanol–water partition coefficient (Wildman–Crippen LogP) is 3.47. The van der Waals surface area contributed by atoms with Crippen molar-refractivity contribution in [2.24, 2.45) is 0 Å². The van der Waals surface area contributed by atoms with E-state index in [2.05, 4.69) is 32.9 Å². The first-order valence-corrected chi connectivity index (χ1v) is 9.44. The monoisotopic (exact) mass is 362 g/mol. The Morgan fingerprint density at radius 2 is 1.58 bits per heavy atom. The Hall–Kier alpha value is -2.04. The van der Waals surface area contributed by atoms with Gasteiger partial charge in [0.05, 0.1) is 13.2 Å². The molecule has 0 bridgehead atoms. The van der Waals surface area contributed by atoms with E-state index in [0.29, 0.717) is 32.5 Å². The van der Waals surface area contributed by atoms with Gasteiger partial charge in [0, 0.05) is 26.6 Å². The number of carbonyl (C=O) groups excluding carboxylic acids is 2. The van der Waals surface area contributed by atoms with Gasteiger partial charge in [-0.1, -0.05) is 32.9 Å². The van der Waals surface area contributed by atoms with E-state index in [4.69, 9.17) is 4.74 Å². The molecular weight excluding hydrogens is 328 g/mol. The zero-order chi connectivity index (χ0) is 19.7. The van der Waals surface area contributed by atoms with Crippen molar-refractivity contribution in [3.8, 4) is 5.75 Å². The molecule has 26 heavy (non-hydrogen) atoms. The molecule has 5 heteroatoms. The number of benzene rings is 1. The van der Waals surface area contributed by atoms with Crippen LogP contribution < -0.4 is 4.74 Å². The maximum absolute atomic E-state index is 12.1. The van der Waals surface area contributed by atoms with Crippen LogP contribution in [0.15, 0.2) is 24.3 Å². The van der Waals surface area contributed by atoms with E-state index in [1.165, 1.54) is 10.5 Å². The van der Waals surface area contributed by atoms with E-state index in [-0.39, 0.29) is 23.8 Å². The van der Waals surface area contributed by atoms with Gasteiger partial charge in [0.15, 0.2) is 0 Å². The molecule has 0 N–H and O–H groups in total. The van der Waals surface area contributed by atoms with Crippen LogP contribution in [0.3, 0.4) is 0 Å². The molecule has 0 unspecified atom stereocenters. The fourth-order valence-electron chi connectivity index (χ4n) is 2.62. The number of likely N-dealkylation sites (N-methyl/N-ethyl adjacent to an activating group) is 2. The summed E-state index contributed by atoms with van der Waals surface area (Å²) in [6, 6.07) is 8.09. The molecule has 1 aromatic carbocycles. The molecule has 0 aliphatic carbocycles. The zero-order valence-corrected chi connectivity index (χ0v) is 17.2. The van der Waals surface area contributed by atoms with Crippen molar-refractivity contribution in [1.82, 2.24) is 9.80 Å². The topological polar surface area (TPSA) is 49.9 Å². The first-order valence-electron chi connectivity index (χ1n) is 9.44. The van der Waals surface area contributed by atoms with Gasteiger partial charge in [-0.05, 0) is 43.4 Å². The molecule has 1 rings (SSSR count). The van der Waals surface area contributed by atoms with E-state index in [1.807, 2.05) is 26.0 Å². The molecule has 0 aromatic heterocycles. The molecule has 0 heterocycles. The molecular formula is C21H34N2O3. The normalized spacial score (nSPS) is 11.2. The third-order valence-electron chi connectivity index (χ3n) is 4.44. The van der Waals surface area contributed by atoms with Gasteiger partial charge in [0.1, 0.15) is 5.75 Å². The molecule has 1 aromatic rings. The predicted molar refractivity (Wildman–Crippen MR) is 105 cm³/mol. The Labute approximate surface area is 158 Å². The number of ether oxygens (including phenoxy) is 1. The van der Waals surface area contributed by atoms with Crippen LogP contribution in [0.1, 0.15) is 53.0 Å². The molecule has 0 aliphatic heterocycles. The third kappa shape index (κ3) is 7.06. The van der Waals surface area contributed by atoms with E-state index in [0.717, 1.165) is 5.75 Å². The fraction of sp³-hybridized carbons (Fsp3) is 0.619. The molecule has 0 saturated carbocycles. The molecule has 0 saturated heterocycles. The molecule has 5 nitrogen and oxygen atoms in total. The lowest BCUT2D eigenvalue weighted by molar-refractivity contribution is -0.139. The summed E-state index contributed by atoms with van der Waals surface area (Å²) in [5.41, 5.74) is 1.39. The van der Waals surface area contributed by atoms with Crippen molar-refractivity contribution in [2.45, 2.75) is 52.9 Å². The van der Waals surface area contributed by atoms with E-state index >= 15 is 0 Å². The van der Waals surface area contributed by atoms with Crippen molar-refractivity contribution >= 4 is 11.8 Å². The minimum atomic E-state index is -0.0304. The average Bonchev–Trinajstić information content (AvgIpc) is 2.59.